The molecule has 0 aliphatic rings. The van der Waals surface area contributed by atoms with E-state index in [9.17, 15) is 4.79 Å². The van der Waals surface area contributed by atoms with E-state index in [1.807, 2.05) is 25.1 Å². The van der Waals surface area contributed by atoms with Gasteiger partial charge in [0.15, 0.2) is 0 Å². The first-order valence-corrected chi connectivity index (χ1v) is 5.31. The maximum atomic E-state index is 11.7. The predicted molar refractivity (Wildman–Crippen MR) is 66.5 cm³/mol. The van der Waals surface area contributed by atoms with E-state index in [2.05, 4.69) is 31.3 Å². The Kier molecular flexibility index (Phi) is 3.82. The van der Waals surface area contributed by atoms with E-state index >= 15 is 0 Å². The molecule has 86 valence electrons. The molecule has 1 rings (SSSR count). The summed E-state index contributed by atoms with van der Waals surface area (Å²) in [7, 11) is 0. The molecule has 0 saturated heterocycles. The minimum Gasteiger partial charge on any atom is -0.267 e. The van der Waals surface area contributed by atoms with Gasteiger partial charge in [0.2, 0.25) is 0 Å². The summed E-state index contributed by atoms with van der Waals surface area (Å²) < 4.78 is 0. The van der Waals surface area contributed by atoms with Crippen LogP contribution in [-0.4, -0.2) is 11.6 Å². The third-order valence-corrected chi connectivity index (χ3v) is 2.45. The number of amides is 1. The molecular formula is C13H18N2O. The maximum absolute atomic E-state index is 11.7. The Morgan fingerprint density at radius 2 is 1.75 bits per heavy atom. The summed E-state index contributed by atoms with van der Waals surface area (Å²) in [6.45, 7) is 8.08. The monoisotopic (exact) mass is 218 g/mol. The molecule has 1 aromatic carbocycles. The van der Waals surface area contributed by atoms with Gasteiger partial charge in [-0.1, -0.05) is 39.0 Å². The van der Waals surface area contributed by atoms with Gasteiger partial charge in [0.05, 0.1) is 0 Å². The Labute approximate surface area is 96.6 Å². The first kappa shape index (κ1) is 12.4. The van der Waals surface area contributed by atoms with Crippen molar-refractivity contribution in [1.29, 1.82) is 0 Å². The fourth-order valence-corrected chi connectivity index (χ4v) is 0.956. The Morgan fingerprint density at radius 1 is 1.19 bits per heavy atom. The zero-order valence-electron chi connectivity index (χ0n) is 10.2. The van der Waals surface area contributed by atoms with Crippen LogP contribution in [0.4, 0.5) is 0 Å². The number of hydrogen-bond donors (Lipinski definition) is 1. The summed E-state index contributed by atoms with van der Waals surface area (Å²) >= 11 is 0. The predicted octanol–water partition coefficient (Wildman–Crippen LogP) is 2.84. The molecule has 3 heteroatoms. The lowest BCUT2D eigenvalue weighted by molar-refractivity contribution is 0.0954. The molecule has 16 heavy (non-hydrogen) atoms. The Morgan fingerprint density at radius 3 is 2.25 bits per heavy atom. The molecule has 0 bridgehead atoms. The summed E-state index contributed by atoms with van der Waals surface area (Å²) in [6, 6.07) is 9.06. The number of carbonyl (C=O) groups is 1. The second-order valence-electron chi connectivity index (χ2n) is 4.75. The zero-order valence-corrected chi connectivity index (χ0v) is 10.2. The standard InChI is InChI=1S/C13H18N2O/c1-10(13(2,3)4)14-15-12(16)11-8-6-5-7-9-11/h5-9H,1-4H3,(H,15,16)/b14-10+. The maximum Gasteiger partial charge on any atom is 0.271 e. The molecular weight excluding hydrogens is 200 g/mol. The highest BCUT2D eigenvalue weighted by atomic mass is 16.2. The molecule has 0 fully saturated rings. The van der Waals surface area contributed by atoms with Crippen LogP contribution in [0.1, 0.15) is 38.1 Å². The second-order valence-corrected chi connectivity index (χ2v) is 4.75. The first-order valence-electron chi connectivity index (χ1n) is 5.31. The summed E-state index contributed by atoms with van der Waals surface area (Å²) in [5.41, 5.74) is 4.05. The number of nitrogens with one attached hydrogen (secondary N) is 1. The van der Waals surface area contributed by atoms with Gasteiger partial charge < -0.3 is 0 Å². The molecule has 0 saturated carbocycles. The first-order chi connectivity index (χ1) is 7.41. The molecule has 0 aromatic heterocycles. The fraction of sp³-hybridized carbons (Fsp3) is 0.385. The van der Waals surface area contributed by atoms with Gasteiger partial charge in [-0.2, -0.15) is 5.10 Å². The van der Waals surface area contributed by atoms with Crippen molar-refractivity contribution in [2.45, 2.75) is 27.7 Å². The van der Waals surface area contributed by atoms with E-state index in [4.69, 9.17) is 0 Å². The second kappa shape index (κ2) is 4.92. The minimum atomic E-state index is -0.177. The lowest BCUT2D eigenvalue weighted by Gasteiger charge is -2.17. The van der Waals surface area contributed by atoms with E-state index in [1.54, 1.807) is 12.1 Å². The normalized spacial score (nSPS) is 12.4. The van der Waals surface area contributed by atoms with Gasteiger partial charge in [-0.05, 0) is 19.1 Å². The highest BCUT2D eigenvalue weighted by Crippen LogP contribution is 2.14. The van der Waals surface area contributed by atoms with E-state index in [0.717, 1.165) is 5.71 Å². The van der Waals surface area contributed by atoms with Crippen molar-refractivity contribution in [3.63, 3.8) is 0 Å². The smallest absolute Gasteiger partial charge is 0.267 e. The third-order valence-electron chi connectivity index (χ3n) is 2.45. The lowest BCUT2D eigenvalue weighted by atomic mass is 9.91. The summed E-state index contributed by atoms with van der Waals surface area (Å²) in [5, 5.41) is 4.09. The molecule has 1 N–H and O–H groups in total. The van der Waals surface area contributed by atoms with Crippen molar-refractivity contribution in [3.8, 4) is 0 Å². The molecule has 0 unspecified atom stereocenters. The summed E-state index contributed by atoms with van der Waals surface area (Å²) in [6.07, 6.45) is 0. The molecule has 0 aliphatic carbocycles. The van der Waals surface area contributed by atoms with Gasteiger partial charge in [0, 0.05) is 16.7 Å². The van der Waals surface area contributed by atoms with Gasteiger partial charge in [0.1, 0.15) is 0 Å². The zero-order chi connectivity index (χ0) is 12.2. The molecule has 0 heterocycles. The van der Waals surface area contributed by atoms with Gasteiger partial charge in [-0.3, -0.25) is 4.79 Å². The van der Waals surface area contributed by atoms with Crippen molar-refractivity contribution in [2.75, 3.05) is 0 Å². The third kappa shape index (κ3) is 3.50. The average molecular weight is 218 g/mol. The van der Waals surface area contributed by atoms with Crippen molar-refractivity contribution in [2.24, 2.45) is 10.5 Å². The number of carbonyl (C=O) groups excluding carboxylic acids is 1. The van der Waals surface area contributed by atoms with Crippen molar-refractivity contribution < 1.29 is 4.79 Å². The topological polar surface area (TPSA) is 41.5 Å². The highest BCUT2D eigenvalue weighted by molar-refractivity contribution is 5.95. The largest absolute Gasteiger partial charge is 0.271 e. The fourth-order valence-electron chi connectivity index (χ4n) is 0.956. The number of hydrogen-bond acceptors (Lipinski definition) is 2. The van der Waals surface area contributed by atoms with E-state index in [1.165, 1.54) is 0 Å². The summed E-state index contributed by atoms with van der Waals surface area (Å²) in [5.74, 6) is -0.177. The van der Waals surface area contributed by atoms with Gasteiger partial charge in [0.25, 0.3) is 5.91 Å². The number of benzene rings is 1. The van der Waals surface area contributed by atoms with E-state index in [0.29, 0.717) is 5.56 Å². The Balaban J connectivity index is 2.67. The molecule has 0 radical (unpaired) electrons. The van der Waals surface area contributed by atoms with Gasteiger partial charge in [-0.25, -0.2) is 5.43 Å². The van der Waals surface area contributed by atoms with Crippen LogP contribution in [0.25, 0.3) is 0 Å². The van der Waals surface area contributed by atoms with Crippen molar-refractivity contribution >= 4 is 11.6 Å². The van der Waals surface area contributed by atoms with E-state index in [-0.39, 0.29) is 11.3 Å². The van der Waals surface area contributed by atoms with Crippen LogP contribution < -0.4 is 5.43 Å². The minimum absolute atomic E-state index is 0.0238. The summed E-state index contributed by atoms with van der Waals surface area (Å²) in [4.78, 5) is 11.7. The molecule has 1 amide bonds. The molecule has 0 aliphatic heterocycles. The molecule has 0 atom stereocenters. The van der Waals surface area contributed by atoms with Crippen LogP contribution in [0, 0.1) is 5.41 Å². The molecule has 0 spiro atoms. The number of hydrazone groups is 1. The average Bonchev–Trinajstić information content (AvgIpc) is 2.25. The van der Waals surface area contributed by atoms with Gasteiger partial charge in [-0.15, -0.1) is 0 Å². The Hall–Kier alpha value is -1.64. The van der Waals surface area contributed by atoms with Crippen LogP contribution in [0.5, 0.6) is 0 Å². The molecule has 1 aromatic rings. The van der Waals surface area contributed by atoms with Gasteiger partial charge >= 0.3 is 0 Å². The van der Waals surface area contributed by atoms with Crippen LogP contribution in [0.3, 0.4) is 0 Å². The van der Waals surface area contributed by atoms with E-state index < -0.39 is 0 Å². The highest BCUT2D eigenvalue weighted by Gasteiger charge is 2.14. The lowest BCUT2D eigenvalue weighted by Crippen LogP contribution is -2.24. The molecule has 3 nitrogen and oxygen atoms in total. The van der Waals surface area contributed by atoms with Crippen LogP contribution >= 0.6 is 0 Å². The Bertz CT molecular complexity index is 388. The van der Waals surface area contributed by atoms with Crippen LogP contribution in [0.2, 0.25) is 0 Å². The quantitative estimate of drug-likeness (QED) is 0.602. The number of rotatable bonds is 2. The van der Waals surface area contributed by atoms with Crippen molar-refractivity contribution in [1.82, 2.24) is 5.43 Å². The van der Waals surface area contributed by atoms with Crippen molar-refractivity contribution in [3.05, 3.63) is 35.9 Å². The SMILES string of the molecule is C/C(=N\NC(=O)c1ccccc1)C(C)(C)C. The van der Waals surface area contributed by atoms with Crippen LogP contribution in [0.15, 0.2) is 35.4 Å². The van der Waals surface area contributed by atoms with Crippen LogP contribution in [-0.2, 0) is 0 Å². The number of nitrogens with zero attached hydrogens (tertiary/aromatic N) is 1.